The minimum atomic E-state index is -5.17. The Kier molecular flexibility index (Phi) is 5.41. The van der Waals surface area contributed by atoms with Gasteiger partial charge in [-0.3, -0.25) is 19.1 Å². The Labute approximate surface area is 85.7 Å². The zero-order chi connectivity index (χ0) is 11.9. The summed E-state index contributed by atoms with van der Waals surface area (Å²) in [5.41, 5.74) is 2.88. The summed E-state index contributed by atoms with van der Waals surface area (Å²) in [4.78, 5) is 13.6. The third-order valence-corrected chi connectivity index (χ3v) is 1.14. The van der Waals surface area contributed by atoms with Gasteiger partial charge in [0.1, 0.15) is 0 Å². The maximum absolute atomic E-state index is 10.8. The van der Waals surface area contributed by atoms with Crippen LogP contribution in [0.5, 0.6) is 0 Å². The summed E-state index contributed by atoms with van der Waals surface area (Å²) >= 11 is 0. The molecule has 0 aliphatic heterocycles. The average molecular weight is 235 g/mol. The number of nitrogens with one attached hydrogen (secondary N) is 2. The summed E-state index contributed by atoms with van der Waals surface area (Å²) < 4.78 is 34.1. The van der Waals surface area contributed by atoms with Crippen molar-refractivity contribution in [2.75, 3.05) is 0 Å². The Hall–Kier alpha value is -1.55. The lowest BCUT2D eigenvalue weighted by Gasteiger charge is -2.06. The van der Waals surface area contributed by atoms with E-state index in [-0.39, 0.29) is 5.91 Å². The Morgan fingerprint density at radius 3 is 2.07 bits per heavy atom. The van der Waals surface area contributed by atoms with Crippen molar-refractivity contribution in [1.29, 1.82) is 0 Å². The van der Waals surface area contributed by atoms with E-state index in [9.17, 15) is 4.79 Å². The predicted molar refractivity (Wildman–Crippen MR) is 43.8 cm³/mol. The number of carbonyl (C=O) groups excluding carboxylic acids is 1. The molecular weight excluding hydrogens is 226 g/mol. The molecule has 0 aliphatic rings. The lowest BCUT2D eigenvalue weighted by molar-refractivity contribution is -0.423. The zero-order valence-electron chi connectivity index (χ0n) is 7.47. The maximum Gasteiger partial charge on any atom is 0.296 e. The lowest BCUT2D eigenvalue weighted by Crippen LogP contribution is -2.67. The number of aromatic nitrogens is 1. The molecule has 0 spiro atoms. The Morgan fingerprint density at radius 2 is 1.73 bits per heavy atom. The van der Waals surface area contributed by atoms with Crippen molar-refractivity contribution in [2.45, 2.75) is 0 Å². The molecule has 1 amide bonds. The third-order valence-electron chi connectivity index (χ3n) is 1.14. The van der Waals surface area contributed by atoms with Gasteiger partial charge in [-0.15, -0.1) is 0 Å². The van der Waals surface area contributed by atoms with Crippen LogP contribution in [0.1, 0.15) is 10.4 Å². The molecule has 1 rings (SSSR count). The van der Waals surface area contributed by atoms with Crippen LogP contribution in [0.25, 0.3) is 0 Å². The maximum atomic E-state index is 10.8. The van der Waals surface area contributed by atoms with E-state index < -0.39 is 10.4 Å². The van der Waals surface area contributed by atoms with Gasteiger partial charge in [0.2, 0.25) is 0 Å². The Bertz CT molecular complexity index is 396. The molecule has 1 aromatic rings. The van der Waals surface area contributed by atoms with Gasteiger partial charge in [0.05, 0.1) is 5.56 Å². The highest BCUT2D eigenvalue weighted by Crippen LogP contribution is 1.90. The van der Waals surface area contributed by atoms with Crippen LogP contribution in [0.2, 0.25) is 0 Å². The summed E-state index contributed by atoms with van der Waals surface area (Å²) in [5.74, 6) is 3.08. The highest BCUT2D eigenvalue weighted by atomic mass is 32.3. The van der Waals surface area contributed by atoms with E-state index in [0.717, 1.165) is 0 Å². The number of quaternary nitrogens is 1. The SMILES string of the molecule is O=S(=O)([O-])[O-].[NH3+]NC(=O)c1cc[nH+]cc1. The number of aromatic amines is 1. The van der Waals surface area contributed by atoms with Crippen molar-refractivity contribution in [3.63, 3.8) is 0 Å². The molecule has 5 N–H and O–H groups in total. The van der Waals surface area contributed by atoms with Gasteiger partial charge < -0.3 is 9.11 Å². The fourth-order valence-electron chi connectivity index (χ4n) is 0.640. The van der Waals surface area contributed by atoms with E-state index >= 15 is 0 Å². The first-order valence-electron chi connectivity index (χ1n) is 3.55. The van der Waals surface area contributed by atoms with Crippen molar-refractivity contribution in [3.8, 4) is 0 Å². The van der Waals surface area contributed by atoms with Gasteiger partial charge in [-0.25, -0.2) is 10.4 Å². The number of amides is 1. The molecule has 15 heavy (non-hydrogen) atoms. The van der Waals surface area contributed by atoms with Crippen LogP contribution < -0.4 is 16.3 Å². The van der Waals surface area contributed by atoms with Crippen LogP contribution in [0.15, 0.2) is 24.5 Å². The fourth-order valence-corrected chi connectivity index (χ4v) is 0.640. The summed E-state index contributed by atoms with van der Waals surface area (Å²) in [6.45, 7) is 0. The molecule has 0 radical (unpaired) electrons. The molecule has 1 aromatic heterocycles. The molecule has 0 aromatic carbocycles. The van der Waals surface area contributed by atoms with Crippen molar-refractivity contribution in [3.05, 3.63) is 30.1 Å². The van der Waals surface area contributed by atoms with Crippen molar-refractivity contribution in [2.24, 2.45) is 0 Å². The largest absolute Gasteiger partial charge is 0.759 e. The number of H-pyrrole nitrogens is 1. The summed E-state index contributed by atoms with van der Waals surface area (Å²) in [5, 5.41) is 0. The number of carbonyl (C=O) groups is 1. The van der Waals surface area contributed by atoms with Gasteiger partial charge in [0.15, 0.2) is 12.4 Å². The zero-order valence-corrected chi connectivity index (χ0v) is 8.28. The van der Waals surface area contributed by atoms with Crippen LogP contribution in [-0.2, 0) is 10.4 Å². The van der Waals surface area contributed by atoms with Crippen LogP contribution in [0.3, 0.4) is 0 Å². The molecule has 0 unspecified atom stereocenters. The first kappa shape index (κ1) is 13.4. The second-order valence-electron chi connectivity index (χ2n) is 2.20. The normalized spacial score (nSPS) is 9.80. The molecule has 0 bridgehead atoms. The van der Waals surface area contributed by atoms with Crippen molar-refractivity contribution >= 4 is 16.3 Å². The van der Waals surface area contributed by atoms with Gasteiger partial charge >= 0.3 is 0 Å². The smallest absolute Gasteiger partial charge is 0.296 e. The molecular formula is C6H9N3O5S. The highest BCUT2D eigenvalue weighted by Gasteiger charge is 2.02. The van der Waals surface area contributed by atoms with Crippen molar-refractivity contribution in [1.82, 2.24) is 5.43 Å². The molecule has 0 atom stereocenters. The first-order chi connectivity index (χ1) is 6.84. The van der Waals surface area contributed by atoms with Crippen molar-refractivity contribution < 1.29 is 33.1 Å². The van der Waals surface area contributed by atoms with Crippen LogP contribution in [-0.4, -0.2) is 23.4 Å². The Balaban J connectivity index is 0.000000336. The minimum Gasteiger partial charge on any atom is -0.759 e. The summed E-state index contributed by atoms with van der Waals surface area (Å²) in [6.07, 6.45) is 3.37. The monoisotopic (exact) mass is 235 g/mol. The van der Waals surface area contributed by atoms with Gasteiger partial charge in [-0.05, 0) is 0 Å². The number of rotatable bonds is 1. The number of pyridine rings is 1. The molecule has 8 nitrogen and oxygen atoms in total. The molecule has 0 saturated heterocycles. The van der Waals surface area contributed by atoms with Gasteiger partial charge in [0, 0.05) is 22.5 Å². The second-order valence-corrected chi connectivity index (χ2v) is 3.02. The number of hydrogen-bond acceptors (Lipinski definition) is 5. The van der Waals surface area contributed by atoms with E-state index in [1.54, 1.807) is 24.5 Å². The topological polar surface area (TPSA) is 151 Å². The summed E-state index contributed by atoms with van der Waals surface area (Å²) in [6, 6.07) is 3.36. The third kappa shape index (κ3) is 8.77. The standard InChI is InChI=1S/C6H7N3O.H2O4S/c7-9-6(10)5-1-3-8-4-2-5;1-5(2,3)4/h1-4H,7H2,(H,9,10);(H2,1,2,3,4). The van der Waals surface area contributed by atoms with Gasteiger partial charge in [-0.2, -0.15) is 0 Å². The molecule has 0 saturated carbocycles. The van der Waals surface area contributed by atoms with Gasteiger partial charge in [-0.1, -0.05) is 0 Å². The van der Waals surface area contributed by atoms with Crippen LogP contribution >= 0.6 is 0 Å². The van der Waals surface area contributed by atoms with E-state index in [1.165, 1.54) is 0 Å². The fraction of sp³-hybridized carbons (Fsp3) is 0. The van der Waals surface area contributed by atoms with Crippen LogP contribution in [0.4, 0.5) is 0 Å². The average Bonchev–Trinajstić information content (AvgIpc) is 2.15. The molecule has 0 fully saturated rings. The van der Waals surface area contributed by atoms with E-state index in [2.05, 4.69) is 16.3 Å². The van der Waals surface area contributed by atoms with E-state index in [1.807, 2.05) is 0 Å². The van der Waals surface area contributed by atoms with Crippen LogP contribution in [0, 0.1) is 0 Å². The number of hydrogen-bond donors (Lipinski definition) is 2. The lowest BCUT2D eigenvalue weighted by atomic mass is 10.3. The van der Waals surface area contributed by atoms with Gasteiger partial charge in [0.25, 0.3) is 5.91 Å². The Morgan fingerprint density at radius 1 is 1.33 bits per heavy atom. The minimum absolute atomic E-state index is 0.172. The highest BCUT2D eigenvalue weighted by molar-refractivity contribution is 7.79. The second kappa shape index (κ2) is 6.03. The first-order valence-corrected chi connectivity index (χ1v) is 4.88. The molecule has 0 aliphatic carbocycles. The molecule has 84 valence electrons. The molecule has 9 heteroatoms. The quantitative estimate of drug-likeness (QED) is 0.303. The molecule has 1 heterocycles. The van der Waals surface area contributed by atoms with E-state index in [4.69, 9.17) is 17.5 Å². The van der Waals surface area contributed by atoms with E-state index in [0.29, 0.717) is 5.56 Å². The summed E-state index contributed by atoms with van der Waals surface area (Å²) in [7, 11) is -5.17. The predicted octanol–water partition coefficient (Wildman–Crippen LogP) is -2.95.